The Hall–Kier alpha value is -3.14. The van der Waals surface area contributed by atoms with Crippen LogP contribution < -0.4 is 16.2 Å². The van der Waals surface area contributed by atoms with Crippen molar-refractivity contribution in [3.63, 3.8) is 0 Å². The maximum absolute atomic E-state index is 13.4. The van der Waals surface area contributed by atoms with Crippen molar-refractivity contribution >= 4 is 23.5 Å². The van der Waals surface area contributed by atoms with Crippen LogP contribution in [0.5, 0.6) is 5.88 Å². The molecule has 0 radical (unpaired) electrons. The summed E-state index contributed by atoms with van der Waals surface area (Å²) in [6.45, 7) is 7.45. The number of hydrogen-bond donors (Lipinski definition) is 3. The quantitative estimate of drug-likeness (QED) is 0.564. The summed E-state index contributed by atoms with van der Waals surface area (Å²) in [6, 6.07) is 0.101. The first-order valence-corrected chi connectivity index (χ1v) is 11.3. The second kappa shape index (κ2) is 9.01. The first-order chi connectivity index (χ1) is 15.6. The van der Waals surface area contributed by atoms with Gasteiger partial charge in [0.25, 0.3) is 11.5 Å². The van der Waals surface area contributed by atoms with Crippen LogP contribution in [0.1, 0.15) is 62.4 Å². The molecule has 1 aliphatic heterocycles. The zero-order chi connectivity index (χ0) is 23.8. The molecule has 0 spiro atoms. The number of rotatable bonds is 6. The van der Waals surface area contributed by atoms with E-state index in [9.17, 15) is 19.5 Å². The monoisotopic (exact) mass is 457 g/mol. The Morgan fingerprint density at radius 3 is 2.48 bits per heavy atom. The van der Waals surface area contributed by atoms with Crippen molar-refractivity contribution in [2.45, 2.75) is 65.1 Å². The molecule has 2 aromatic heterocycles. The first-order valence-electron chi connectivity index (χ1n) is 11.3. The molecule has 0 unspecified atom stereocenters. The van der Waals surface area contributed by atoms with Crippen molar-refractivity contribution < 1.29 is 19.4 Å². The number of carbonyl (C=O) groups excluding carboxylic acids is 2. The van der Waals surface area contributed by atoms with Crippen LogP contribution in [0.4, 0.5) is 0 Å². The third kappa shape index (κ3) is 5.27. The van der Waals surface area contributed by atoms with Crippen LogP contribution in [0, 0.1) is 5.41 Å². The summed E-state index contributed by atoms with van der Waals surface area (Å²) in [6.07, 6.45) is 7.67. The van der Waals surface area contributed by atoms with Crippen LogP contribution in [0.2, 0.25) is 0 Å². The van der Waals surface area contributed by atoms with Gasteiger partial charge in [-0.05, 0) is 37.2 Å². The Bertz CT molecular complexity index is 1150. The van der Waals surface area contributed by atoms with E-state index in [1.165, 1.54) is 21.4 Å². The first kappa shape index (κ1) is 23.0. The minimum atomic E-state index is -0.604. The third-order valence-corrected chi connectivity index (χ3v) is 5.66. The number of aromatic nitrogens is 3. The molecule has 0 bridgehead atoms. The normalized spacial score (nSPS) is 17.5. The summed E-state index contributed by atoms with van der Waals surface area (Å²) in [4.78, 5) is 38.5. The molecule has 3 heterocycles. The summed E-state index contributed by atoms with van der Waals surface area (Å²) in [5.41, 5.74) is -0.394. The lowest BCUT2D eigenvalue weighted by atomic mass is 9.96. The number of nitrogens with zero attached hydrogens (tertiary/aromatic N) is 3. The molecule has 33 heavy (non-hydrogen) atoms. The lowest BCUT2D eigenvalue weighted by Crippen LogP contribution is -2.38. The number of ether oxygens (including phenoxy) is 1. The van der Waals surface area contributed by atoms with E-state index in [0.29, 0.717) is 31.0 Å². The van der Waals surface area contributed by atoms with E-state index in [1.807, 2.05) is 20.8 Å². The van der Waals surface area contributed by atoms with Gasteiger partial charge in [-0.1, -0.05) is 20.8 Å². The Kier molecular flexibility index (Phi) is 6.29. The molecule has 3 N–H and O–H groups in total. The molecule has 1 aliphatic carbocycles. The van der Waals surface area contributed by atoms with E-state index in [4.69, 9.17) is 4.74 Å². The summed E-state index contributed by atoms with van der Waals surface area (Å²) in [7, 11) is 0. The maximum Gasteiger partial charge on any atom is 0.270 e. The average molecular weight is 458 g/mol. The predicted octanol–water partition coefficient (Wildman–Crippen LogP) is 1.45. The number of carbonyl (C=O) groups is 2. The number of amides is 2. The van der Waals surface area contributed by atoms with E-state index >= 15 is 0 Å². The van der Waals surface area contributed by atoms with Gasteiger partial charge in [0.2, 0.25) is 11.8 Å². The zero-order valence-electron chi connectivity index (χ0n) is 19.3. The molecule has 1 saturated carbocycles. The van der Waals surface area contributed by atoms with Gasteiger partial charge in [0.15, 0.2) is 5.56 Å². The van der Waals surface area contributed by atoms with Gasteiger partial charge in [-0.2, -0.15) is 9.61 Å². The van der Waals surface area contributed by atoms with Gasteiger partial charge in [0, 0.05) is 43.5 Å². The van der Waals surface area contributed by atoms with Crippen molar-refractivity contribution in [3.8, 4) is 5.88 Å². The van der Waals surface area contributed by atoms with Gasteiger partial charge in [-0.3, -0.25) is 19.0 Å². The lowest BCUT2D eigenvalue weighted by molar-refractivity contribution is -0.117. The summed E-state index contributed by atoms with van der Waals surface area (Å²) in [5, 5.41) is 20.7. The third-order valence-electron chi connectivity index (χ3n) is 5.66. The topological polar surface area (TPSA) is 127 Å². The van der Waals surface area contributed by atoms with Crippen molar-refractivity contribution in [1.29, 1.82) is 0 Å². The van der Waals surface area contributed by atoms with E-state index in [1.54, 1.807) is 6.08 Å². The summed E-state index contributed by atoms with van der Waals surface area (Å²) in [5.74, 6) is -1.37. The molecule has 4 rings (SSSR count). The van der Waals surface area contributed by atoms with Gasteiger partial charge < -0.3 is 20.5 Å². The summed E-state index contributed by atoms with van der Waals surface area (Å²) >= 11 is 0. The fourth-order valence-electron chi connectivity index (χ4n) is 3.89. The highest BCUT2D eigenvalue weighted by Crippen LogP contribution is 2.25. The second-order valence-electron chi connectivity index (χ2n) is 9.96. The van der Waals surface area contributed by atoms with Crippen LogP contribution >= 0.6 is 0 Å². The zero-order valence-corrected chi connectivity index (χ0v) is 19.3. The van der Waals surface area contributed by atoms with Gasteiger partial charge >= 0.3 is 0 Å². The Labute approximate surface area is 191 Å². The average Bonchev–Trinajstić information content (AvgIpc) is 3.45. The lowest BCUT2D eigenvalue weighted by Gasteiger charge is -2.22. The minimum Gasteiger partial charge on any atom is -0.492 e. The van der Waals surface area contributed by atoms with Gasteiger partial charge in [-0.25, -0.2) is 0 Å². The standard InChI is InChI=1S/C23H31N5O5/c1-23(2,3)13-27-20-14(4-7-17(29)25-16-8-10-33-11-9-16)12-24-28(20)22(32)18(21(27)31)19(30)26-15-5-6-15/h4,7,12,15-16,32H,5-6,8-11,13H2,1-3H3,(H,25,29)(H,26,30)/b7-4+. The molecule has 10 heteroatoms. The predicted molar refractivity (Wildman–Crippen MR) is 122 cm³/mol. The molecule has 2 fully saturated rings. The molecule has 178 valence electrons. The highest BCUT2D eigenvalue weighted by molar-refractivity contribution is 5.97. The molecule has 2 aromatic rings. The Morgan fingerprint density at radius 1 is 1.18 bits per heavy atom. The van der Waals surface area contributed by atoms with Crippen LogP contribution in [-0.4, -0.2) is 56.4 Å². The number of aromatic hydroxyl groups is 1. The van der Waals surface area contributed by atoms with Crippen LogP contribution in [0.25, 0.3) is 11.7 Å². The SMILES string of the molecule is CC(C)(C)Cn1c(=O)c(C(=O)NC2CC2)c(O)n2ncc(/C=C/C(=O)NC3CCOCC3)c12. The van der Waals surface area contributed by atoms with Crippen LogP contribution in [0.3, 0.4) is 0 Å². The molecule has 2 amide bonds. The fraction of sp³-hybridized carbons (Fsp3) is 0.565. The second-order valence-corrected chi connectivity index (χ2v) is 9.96. The van der Waals surface area contributed by atoms with Crippen molar-refractivity contribution in [2.75, 3.05) is 13.2 Å². The molecule has 10 nitrogen and oxygen atoms in total. The Morgan fingerprint density at radius 2 is 1.85 bits per heavy atom. The number of nitrogens with one attached hydrogen (secondary N) is 2. The molecule has 1 saturated heterocycles. The largest absolute Gasteiger partial charge is 0.492 e. The van der Waals surface area contributed by atoms with E-state index in [-0.39, 0.29) is 29.0 Å². The van der Waals surface area contributed by atoms with E-state index in [0.717, 1.165) is 25.7 Å². The molecule has 0 aromatic carbocycles. The highest BCUT2D eigenvalue weighted by atomic mass is 16.5. The fourth-order valence-corrected chi connectivity index (χ4v) is 3.89. The van der Waals surface area contributed by atoms with Crippen molar-refractivity contribution in [1.82, 2.24) is 24.8 Å². The number of fused-ring (bicyclic) bond motifs is 1. The van der Waals surface area contributed by atoms with E-state index < -0.39 is 17.3 Å². The van der Waals surface area contributed by atoms with Gasteiger partial charge in [0.05, 0.1) is 6.20 Å². The molecular weight excluding hydrogens is 426 g/mol. The molecular formula is C23H31N5O5. The smallest absolute Gasteiger partial charge is 0.270 e. The number of hydrogen-bond acceptors (Lipinski definition) is 6. The summed E-state index contributed by atoms with van der Waals surface area (Å²) < 4.78 is 7.94. The van der Waals surface area contributed by atoms with Gasteiger partial charge in [-0.15, -0.1) is 0 Å². The van der Waals surface area contributed by atoms with Gasteiger partial charge in [0.1, 0.15) is 5.65 Å². The van der Waals surface area contributed by atoms with Crippen molar-refractivity contribution in [3.05, 3.63) is 33.8 Å². The Balaban J connectivity index is 1.71. The van der Waals surface area contributed by atoms with Crippen LogP contribution in [0.15, 0.2) is 17.1 Å². The minimum absolute atomic E-state index is 0.0356. The van der Waals surface area contributed by atoms with E-state index in [2.05, 4.69) is 15.7 Å². The van der Waals surface area contributed by atoms with Crippen LogP contribution in [-0.2, 0) is 16.1 Å². The molecule has 0 atom stereocenters. The maximum atomic E-state index is 13.4. The van der Waals surface area contributed by atoms with Crippen molar-refractivity contribution in [2.24, 2.45) is 5.41 Å². The molecule has 2 aliphatic rings. The highest BCUT2D eigenvalue weighted by Gasteiger charge is 2.30.